The standard InChI is InChI=1S/C12H22O5Si2/c1-13-18(5,14-2)12-10-8-7-9-11(12)17-19(6,15-3)16-4/h7-10H,1-6H3. The van der Waals surface area contributed by atoms with E-state index in [0.29, 0.717) is 5.75 Å². The van der Waals surface area contributed by atoms with E-state index in [1.165, 1.54) is 0 Å². The average Bonchev–Trinajstić information content (AvgIpc) is 2.46. The number of benzene rings is 1. The molecule has 0 fully saturated rings. The number of rotatable bonds is 7. The van der Waals surface area contributed by atoms with Gasteiger partial charge in [-0.25, -0.2) is 0 Å². The highest BCUT2D eigenvalue weighted by molar-refractivity contribution is 6.80. The molecule has 7 heteroatoms. The maximum Gasteiger partial charge on any atom is 0.562 e. The monoisotopic (exact) mass is 302 g/mol. The summed E-state index contributed by atoms with van der Waals surface area (Å²) < 4.78 is 27.8. The van der Waals surface area contributed by atoms with Gasteiger partial charge < -0.3 is 22.1 Å². The maximum absolute atomic E-state index is 5.95. The number of hydrogen-bond acceptors (Lipinski definition) is 5. The van der Waals surface area contributed by atoms with Crippen molar-refractivity contribution < 1.29 is 22.1 Å². The highest BCUT2D eigenvalue weighted by atomic mass is 28.4. The minimum Gasteiger partial charge on any atom is -0.501 e. The Balaban J connectivity index is 3.16. The smallest absolute Gasteiger partial charge is 0.501 e. The molecule has 0 saturated carbocycles. The van der Waals surface area contributed by atoms with E-state index in [4.69, 9.17) is 22.1 Å². The second kappa shape index (κ2) is 6.64. The van der Waals surface area contributed by atoms with Crippen molar-refractivity contribution in [2.45, 2.75) is 13.1 Å². The molecule has 1 aromatic carbocycles. The Morgan fingerprint density at radius 3 is 1.79 bits per heavy atom. The van der Waals surface area contributed by atoms with Crippen LogP contribution in [0.3, 0.4) is 0 Å². The lowest BCUT2D eigenvalue weighted by Gasteiger charge is -2.29. The third-order valence-corrected chi connectivity index (χ3v) is 8.22. The van der Waals surface area contributed by atoms with Crippen molar-refractivity contribution in [2.24, 2.45) is 0 Å². The van der Waals surface area contributed by atoms with E-state index in [-0.39, 0.29) is 0 Å². The van der Waals surface area contributed by atoms with Crippen LogP contribution in [0.1, 0.15) is 0 Å². The molecule has 0 saturated heterocycles. The van der Waals surface area contributed by atoms with Gasteiger partial charge in [-0.05, 0) is 12.6 Å². The predicted octanol–water partition coefficient (Wildman–Crippen LogP) is 1.50. The summed E-state index contributed by atoms with van der Waals surface area (Å²) in [6.45, 7) is 3.80. The quantitative estimate of drug-likeness (QED) is 0.714. The van der Waals surface area contributed by atoms with E-state index in [0.717, 1.165) is 5.19 Å². The van der Waals surface area contributed by atoms with Gasteiger partial charge in [0.25, 0.3) is 0 Å². The molecule has 0 aliphatic rings. The molecular weight excluding hydrogens is 280 g/mol. The summed E-state index contributed by atoms with van der Waals surface area (Å²) in [7, 11) is 1.35. The lowest BCUT2D eigenvalue weighted by Crippen LogP contribution is -2.52. The summed E-state index contributed by atoms with van der Waals surface area (Å²) in [5.41, 5.74) is 0. The van der Waals surface area contributed by atoms with E-state index in [2.05, 4.69) is 0 Å². The molecule has 0 aliphatic carbocycles. The van der Waals surface area contributed by atoms with Crippen LogP contribution in [-0.4, -0.2) is 45.8 Å². The fourth-order valence-corrected chi connectivity index (χ4v) is 4.20. The SMILES string of the molecule is CO[Si](C)(OC)Oc1ccccc1[Si](C)(OC)OC. The van der Waals surface area contributed by atoms with Crippen molar-refractivity contribution in [3.8, 4) is 5.75 Å². The largest absolute Gasteiger partial charge is 0.562 e. The van der Waals surface area contributed by atoms with Gasteiger partial charge in [-0.1, -0.05) is 18.2 Å². The van der Waals surface area contributed by atoms with Crippen LogP contribution in [0.25, 0.3) is 0 Å². The molecule has 0 N–H and O–H groups in total. The number of hydrogen-bond donors (Lipinski definition) is 0. The van der Waals surface area contributed by atoms with E-state index < -0.39 is 17.4 Å². The Bertz CT molecular complexity index is 405. The van der Waals surface area contributed by atoms with Gasteiger partial charge in [0.1, 0.15) is 5.75 Å². The third-order valence-electron chi connectivity index (χ3n) is 3.19. The van der Waals surface area contributed by atoms with Crippen molar-refractivity contribution in [3.05, 3.63) is 24.3 Å². The number of para-hydroxylation sites is 1. The Morgan fingerprint density at radius 2 is 1.32 bits per heavy atom. The molecule has 0 atom stereocenters. The molecular formula is C12H22O5Si2. The van der Waals surface area contributed by atoms with Crippen LogP contribution in [0.5, 0.6) is 5.75 Å². The molecule has 0 unspecified atom stereocenters. The third kappa shape index (κ3) is 3.65. The predicted molar refractivity (Wildman–Crippen MR) is 78.0 cm³/mol. The first kappa shape index (κ1) is 16.3. The molecule has 1 aromatic rings. The molecule has 5 nitrogen and oxygen atoms in total. The Morgan fingerprint density at radius 1 is 0.789 bits per heavy atom. The molecule has 0 radical (unpaired) electrons. The summed E-state index contributed by atoms with van der Waals surface area (Å²) in [5, 5.41) is 0.924. The van der Waals surface area contributed by atoms with Crippen molar-refractivity contribution in [2.75, 3.05) is 28.4 Å². The molecule has 1 rings (SSSR count). The summed E-state index contributed by atoms with van der Waals surface area (Å²) in [4.78, 5) is 0. The van der Waals surface area contributed by atoms with Crippen LogP contribution in [-0.2, 0) is 17.7 Å². The zero-order chi connectivity index (χ0) is 14.5. The maximum atomic E-state index is 5.95. The van der Waals surface area contributed by atoms with Crippen LogP contribution in [0.4, 0.5) is 0 Å². The fraction of sp³-hybridized carbons (Fsp3) is 0.500. The molecule has 19 heavy (non-hydrogen) atoms. The second-order valence-electron chi connectivity index (χ2n) is 4.22. The van der Waals surface area contributed by atoms with E-state index in [9.17, 15) is 0 Å². The average molecular weight is 302 g/mol. The molecule has 0 heterocycles. The zero-order valence-corrected chi connectivity index (χ0v) is 14.4. The van der Waals surface area contributed by atoms with Gasteiger partial charge in [0.2, 0.25) is 0 Å². The summed E-state index contributed by atoms with van der Waals surface area (Å²) >= 11 is 0. The molecule has 0 amide bonds. The van der Waals surface area contributed by atoms with Crippen molar-refractivity contribution in [3.63, 3.8) is 0 Å². The van der Waals surface area contributed by atoms with Crippen LogP contribution in [0.2, 0.25) is 13.1 Å². The van der Waals surface area contributed by atoms with Crippen LogP contribution >= 0.6 is 0 Å². The Hall–Kier alpha value is -0.706. The fourth-order valence-electron chi connectivity index (χ4n) is 1.60. The molecule has 0 aliphatic heterocycles. The van der Waals surface area contributed by atoms with Crippen molar-refractivity contribution >= 4 is 22.6 Å². The van der Waals surface area contributed by atoms with E-state index in [1.54, 1.807) is 28.4 Å². The minimum absolute atomic E-state index is 0.693. The van der Waals surface area contributed by atoms with Gasteiger partial charge in [0, 0.05) is 40.2 Å². The van der Waals surface area contributed by atoms with Gasteiger partial charge in [-0.3, -0.25) is 0 Å². The van der Waals surface area contributed by atoms with Gasteiger partial charge in [-0.2, -0.15) is 0 Å². The lowest BCUT2D eigenvalue weighted by molar-refractivity contribution is 0.169. The first-order valence-electron chi connectivity index (χ1n) is 5.94. The van der Waals surface area contributed by atoms with E-state index >= 15 is 0 Å². The molecule has 108 valence electrons. The van der Waals surface area contributed by atoms with Crippen LogP contribution in [0.15, 0.2) is 24.3 Å². The summed E-state index contributed by atoms with van der Waals surface area (Å²) in [6, 6.07) is 7.67. The van der Waals surface area contributed by atoms with E-state index in [1.807, 2.05) is 37.4 Å². The second-order valence-corrected chi connectivity index (χ2v) is 10.2. The lowest BCUT2D eigenvalue weighted by atomic mass is 10.3. The normalized spacial score (nSPS) is 12.5. The van der Waals surface area contributed by atoms with Crippen LogP contribution in [0, 0.1) is 0 Å². The van der Waals surface area contributed by atoms with Crippen molar-refractivity contribution in [1.29, 1.82) is 0 Å². The van der Waals surface area contributed by atoms with Gasteiger partial charge in [0.15, 0.2) is 0 Å². The van der Waals surface area contributed by atoms with Gasteiger partial charge in [-0.15, -0.1) is 0 Å². The summed E-state index contributed by atoms with van der Waals surface area (Å²) in [5.74, 6) is 0.693. The molecule has 0 spiro atoms. The highest BCUT2D eigenvalue weighted by Crippen LogP contribution is 2.19. The zero-order valence-electron chi connectivity index (χ0n) is 12.4. The highest BCUT2D eigenvalue weighted by Gasteiger charge is 2.40. The molecule has 0 aromatic heterocycles. The first-order chi connectivity index (χ1) is 8.94. The minimum atomic E-state index is -2.66. The summed E-state index contributed by atoms with van der Waals surface area (Å²) in [6.07, 6.45) is 0. The first-order valence-corrected chi connectivity index (χ1v) is 10.5. The van der Waals surface area contributed by atoms with Crippen LogP contribution < -0.4 is 9.61 Å². The van der Waals surface area contributed by atoms with Gasteiger partial charge in [0.05, 0.1) is 0 Å². The Kier molecular flexibility index (Phi) is 5.71. The topological polar surface area (TPSA) is 46.2 Å². The van der Waals surface area contributed by atoms with Crippen molar-refractivity contribution in [1.82, 2.24) is 0 Å². The van der Waals surface area contributed by atoms with Gasteiger partial charge >= 0.3 is 17.4 Å². The Labute approximate surface area is 117 Å². The molecule has 0 bridgehead atoms.